The van der Waals surface area contributed by atoms with Gasteiger partial charge in [-0.15, -0.1) is 0 Å². The van der Waals surface area contributed by atoms with E-state index in [1.165, 1.54) is 0 Å². The van der Waals surface area contributed by atoms with E-state index in [-0.39, 0.29) is 22.6 Å². The van der Waals surface area contributed by atoms with Gasteiger partial charge < -0.3 is 14.8 Å². The van der Waals surface area contributed by atoms with Crippen molar-refractivity contribution in [3.8, 4) is 17.0 Å². The number of H-pyrrole nitrogens is 1. The van der Waals surface area contributed by atoms with Gasteiger partial charge in [-0.2, -0.15) is 0 Å². The SMILES string of the molecule is Cc1nc2c[nH]c(O)c2c(-c2cccc(Cl)c2Cl)c1C(=O)OC(C)C. The zero-order valence-electron chi connectivity index (χ0n) is 13.9. The molecular formula is C18H16Cl2N2O3. The smallest absolute Gasteiger partial charge is 0.340 e. The van der Waals surface area contributed by atoms with E-state index in [9.17, 15) is 9.90 Å². The number of hydrogen-bond acceptors (Lipinski definition) is 4. The lowest BCUT2D eigenvalue weighted by atomic mass is 9.95. The third kappa shape index (κ3) is 3.05. The number of benzene rings is 1. The minimum absolute atomic E-state index is 0.105. The number of fused-ring (bicyclic) bond motifs is 1. The highest BCUT2D eigenvalue weighted by Crippen LogP contribution is 2.42. The van der Waals surface area contributed by atoms with Crippen molar-refractivity contribution in [2.75, 3.05) is 0 Å². The summed E-state index contributed by atoms with van der Waals surface area (Å²) in [5.41, 5.74) is 2.21. The Hall–Kier alpha value is -2.24. The Morgan fingerprint density at radius 2 is 2.04 bits per heavy atom. The van der Waals surface area contributed by atoms with Crippen molar-refractivity contribution >= 4 is 40.1 Å². The maximum absolute atomic E-state index is 12.7. The van der Waals surface area contributed by atoms with Crippen LogP contribution in [0.1, 0.15) is 29.9 Å². The van der Waals surface area contributed by atoms with Gasteiger partial charge in [0.05, 0.1) is 38.3 Å². The van der Waals surface area contributed by atoms with Gasteiger partial charge in [-0.1, -0.05) is 35.3 Å². The molecule has 1 aromatic carbocycles. The average molecular weight is 379 g/mol. The van der Waals surface area contributed by atoms with Gasteiger partial charge in [-0.05, 0) is 26.8 Å². The molecule has 7 heteroatoms. The van der Waals surface area contributed by atoms with Gasteiger partial charge in [0.2, 0.25) is 0 Å². The Morgan fingerprint density at radius 1 is 1.32 bits per heavy atom. The van der Waals surface area contributed by atoms with E-state index in [0.717, 1.165) is 0 Å². The molecule has 0 atom stereocenters. The molecule has 0 aliphatic carbocycles. The first-order chi connectivity index (χ1) is 11.8. The summed E-state index contributed by atoms with van der Waals surface area (Å²) in [4.78, 5) is 19.8. The predicted molar refractivity (Wildman–Crippen MR) is 98.5 cm³/mol. The molecule has 0 amide bonds. The van der Waals surface area contributed by atoms with Gasteiger partial charge in [0.1, 0.15) is 0 Å². The molecule has 0 spiro atoms. The fourth-order valence-electron chi connectivity index (χ4n) is 2.77. The van der Waals surface area contributed by atoms with Crippen LogP contribution < -0.4 is 0 Å². The van der Waals surface area contributed by atoms with Crippen LogP contribution in [-0.4, -0.2) is 27.1 Å². The average Bonchev–Trinajstić information content (AvgIpc) is 2.89. The molecule has 2 heterocycles. The molecule has 25 heavy (non-hydrogen) atoms. The van der Waals surface area contributed by atoms with Crippen LogP contribution in [-0.2, 0) is 4.74 Å². The molecule has 5 nitrogen and oxygen atoms in total. The van der Waals surface area contributed by atoms with Crippen LogP contribution >= 0.6 is 23.2 Å². The summed E-state index contributed by atoms with van der Waals surface area (Å²) in [5, 5.41) is 11.3. The summed E-state index contributed by atoms with van der Waals surface area (Å²) in [7, 11) is 0. The third-order valence-electron chi connectivity index (χ3n) is 3.76. The zero-order chi connectivity index (χ0) is 18.3. The van der Waals surface area contributed by atoms with E-state index in [1.54, 1.807) is 45.2 Å². The normalized spacial score (nSPS) is 11.3. The highest BCUT2D eigenvalue weighted by Gasteiger charge is 2.26. The molecular weight excluding hydrogens is 363 g/mol. The highest BCUT2D eigenvalue weighted by atomic mass is 35.5. The second kappa shape index (κ2) is 6.58. The summed E-state index contributed by atoms with van der Waals surface area (Å²) < 4.78 is 5.37. The molecule has 0 saturated heterocycles. The van der Waals surface area contributed by atoms with E-state index >= 15 is 0 Å². The molecule has 0 saturated carbocycles. The molecule has 0 unspecified atom stereocenters. The standard InChI is InChI=1S/C18H16Cl2N2O3/c1-8(2)25-18(24)13-9(3)22-12-7-21-17(23)15(12)14(13)10-5-4-6-11(19)16(10)20/h4-8,21,23H,1-3H3. The summed E-state index contributed by atoms with van der Waals surface area (Å²) >= 11 is 12.5. The largest absolute Gasteiger partial charge is 0.494 e. The Balaban J connectivity index is 2.43. The lowest BCUT2D eigenvalue weighted by molar-refractivity contribution is 0.0377. The van der Waals surface area contributed by atoms with Crippen molar-refractivity contribution < 1.29 is 14.6 Å². The summed E-state index contributed by atoms with van der Waals surface area (Å²) in [6.07, 6.45) is 1.27. The Kier molecular flexibility index (Phi) is 4.62. The number of nitrogens with zero attached hydrogens (tertiary/aromatic N) is 1. The van der Waals surface area contributed by atoms with Crippen molar-refractivity contribution in [3.05, 3.63) is 45.7 Å². The Morgan fingerprint density at radius 3 is 2.72 bits per heavy atom. The van der Waals surface area contributed by atoms with Crippen LogP contribution in [0.3, 0.4) is 0 Å². The minimum Gasteiger partial charge on any atom is -0.494 e. The number of rotatable bonds is 3. The van der Waals surface area contributed by atoms with Gasteiger partial charge in [-0.25, -0.2) is 4.79 Å². The van der Waals surface area contributed by atoms with Crippen LogP contribution in [0.25, 0.3) is 22.0 Å². The number of esters is 1. The predicted octanol–water partition coefficient (Wildman–Crippen LogP) is 5.12. The van der Waals surface area contributed by atoms with E-state index < -0.39 is 5.97 Å². The van der Waals surface area contributed by atoms with E-state index in [0.29, 0.717) is 32.7 Å². The van der Waals surface area contributed by atoms with Crippen molar-refractivity contribution in [2.24, 2.45) is 0 Å². The molecule has 3 aromatic rings. The van der Waals surface area contributed by atoms with Crippen LogP contribution in [0.4, 0.5) is 0 Å². The lowest BCUT2D eigenvalue weighted by Crippen LogP contribution is -2.15. The Labute approximate surface area is 154 Å². The number of aryl methyl sites for hydroxylation is 1. The van der Waals surface area contributed by atoms with Gasteiger partial charge in [0.25, 0.3) is 0 Å². The Bertz CT molecular complexity index is 980. The number of aromatic nitrogens is 2. The maximum Gasteiger partial charge on any atom is 0.340 e. The number of nitrogens with one attached hydrogen (secondary N) is 1. The van der Waals surface area contributed by atoms with E-state index in [2.05, 4.69) is 9.97 Å². The highest BCUT2D eigenvalue weighted by molar-refractivity contribution is 6.44. The molecule has 2 N–H and O–H groups in total. The fourth-order valence-corrected chi connectivity index (χ4v) is 3.16. The molecule has 0 aliphatic rings. The van der Waals surface area contributed by atoms with Gasteiger partial charge >= 0.3 is 5.97 Å². The van der Waals surface area contributed by atoms with Crippen LogP contribution in [0.15, 0.2) is 24.4 Å². The number of hydrogen-bond donors (Lipinski definition) is 2. The first kappa shape index (κ1) is 17.6. The van der Waals surface area contributed by atoms with Gasteiger partial charge in [0, 0.05) is 17.3 Å². The fraction of sp³-hybridized carbons (Fsp3) is 0.222. The molecule has 0 bridgehead atoms. The van der Waals surface area contributed by atoms with Crippen molar-refractivity contribution in [1.82, 2.24) is 9.97 Å². The molecule has 2 aromatic heterocycles. The summed E-state index contributed by atoms with van der Waals surface area (Å²) in [6, 6.07) is 5.12. The molecule has 3 rings (SSSR count). The summed E-state index contributed by atoms with van der Waals surface area (Å²) in [6.45, 7) is 5.24. The van der Waals surface area contributed by atoms with Crippen LogP contribution in [0.5, 0.6) is 5.88 Å². The summed E-state index contributed by atoms with van der Waals surface area (Å²) in [5.74, 6) is -0.638. The number of carbonyl (C=O) groups is 1. The van der Waals surface area contributed by atoms with Crippen molar-refractivity contribution in [3.63, 3.8) is 0 Å². The number of carbonyl (C=O) groups excluding carboxylic acids is 1. The van der Waals surface area contributed by atoms with Crippen molar-refractivity contribution in [1.29, 1.82) is 0 Å². The second-order valence-electron chi connectivity index (χ2n) is 5.90. The van der Waals surface area contributed by atoms with E-state index in [1.807, 2.05) is 0 Å². The van der Waals surface area contributed by atoms with Crippen LogP contribution in [0.2, 0.25) is 10.0 Å². The first-order valence-corrected chi connectivity index (χ1v) is 8.42. The number of halogens is 2. The van der Waals surface area contributed by atoms with Gasteiger partial charge in [-0.3, -0.25) is 4.98 Å². The van der Waals surface area contributed by atoms with Gasteiger partial charge in [0.15, 0.2) is 5.88 Å². The van der Waals surface area contributed by atoms with Crippen molar-refractivity contribution in [2.45, 2.75) is 26.9 Å². The van der Waals surface area contributed by atoms with E-state index in [4.69, 9.17) is 27.9 Å². The molecule has 0 fully saturated rings. The topological polar surface area (TPSA) is 75.2 Å². The maximum atomic E-state index is 12.7. The monoisotopic (exact) mass is 378 g/mol. The number of aromatic hydroxyl groups is 1. The molecule has 0 aliphatic heterocycles. The quantitative estimate of drug-likeness (QED) is 0.620. The zero-order valence-corrected chi connectivity index (χ0v) is 15.4. The second-order valence-corrected chi connectivity index (χ2v) is 6.69. The molecule has 130 valence electrons. The molecule has 0 radical (unpaired) electrons. The minimum atomic E-state index is -0.534. The number of aromatic amines is 1. The number of ether oxygens (including phenoxy) is 1. The first-order valence-electron chi connectivity index (χ1n) is 7.67. The lowest BCUT2D eigenvalue weighted by Gasteiger charge is -2.16. The van der Waals surface area contributed by atoms with Crippen LogP contribution in [0, 0.1) is 6.92 Å². The third-order valence-corrected chi connectivity index (χ3v) is 4.58. The number of pyridine rings is 1.